The van der Waals surface area contributed by atoms with Crippen molar-refractivity contribution in [1.29, 1.82) is 0 Å². The van der Waals surface area contributed by atoms with Gasteiger partial charge in [0.25, 0.3) is 5.91 Å². The maximum absolute atomic E-state index is 13.9. The molecule has 3 atom stereocenters. The van der Waals surface area contributed by atoms with Crippen molar-refractivity contribution in [2.75, 3.05) is 0 Å². The molecule has 29 heavy (non-hydrogen) atoms. The average molecular weight is 389 g/mol. The van der Waals surface area contributed by atoms with Gasteiger partial charge in [-0.2, -0.15) is 0 Å². The van der Waals surface area contributed by atoms with Gasteiger partial charge in [0, 0.05) is 6.20 Å². The summed E-state index contributed by atoms with van der Waals surface area (Å²) in [6.07, 6.45) is 2.31. The van der Waals surface area contributed by atoms with Crippen molar-refractivity contribution in [3.05, 3.63) is 90.0 Å². The van der Waals surface area contributed by atoms with Crippen molar-refractivity contribution in [1.82, 2.24) is 14.5 Å². The molecule has 1 aliphatic heterocycles. The van der Waals surface area contributed by atoms with Gasteiger partial charge >= 0.3 is 6.09 Å². The number of nitrogens with zero attached hydrogens (tertiary/aromatic N) is 3. The Hall–Kier alpha value is -3.41. The van der Waals surface area contributed by atoms with Crippen LogP contribution in [0, 0.1) is 6.92 Å². The van der Waals surface area contributed by atoms with Gasteiger partial charge < -0.3 is 9.30 Å². The molecule has 0 saturated carbocycles. The Morgan fingerprint density at radius 2 is 1.69 bits per heavy atom. The minimum absolute atomic E-state index is 0.350. The first-order chi connectivity index (χ1) is 13.9. The second kappa shape index (κ2) is 7.20. The molecule has 6 nitrogen and oxygen atoms in total. The molecule has 0 aliphatic carbocycles. The minimum atomic E-state index is -1.14. The number of aromatic nitrogens is 2. The zero-order valence-electron chi connectivity index (χ0n) is 16.6. The lowest BCUT2D eigenvalue weighted by Gasteiger charge is -2.34. The fourth-order valence-corrected chi connectivity index (χ4v) is 3.87. The summed E-state index contributed by atoms with van der Waals surface area (Å²) < 4.78 is 7.37. The van der Waals surface area contributed by atoms with Crippen LogP contribution in [-0.4, -0.2) is 32.5 Å². The number of ether oxygens (including phenoxy) is 1. The third kappa shape index (κ3) is 3.10. The fraction of sp³-hybridized carbons (Fsp3) is 0.261. The van der Waals surface area contributed by atoms with Gasteiger partial charge in [0.1, 0.15) is 11.6 Å². The standard InChI is InChI=1S/C23H23N3O3/c1-16-14-25(15-24-16)23(3,19-12-8-5-9-13-19)21(27)26-17(2)20(29-22(26)28)18-10-6-4-7-11-18/h4-15,17,20H,1-3H3/t17-,20-,23?/m1/s1. The van der Waals surface area contributed by atoms with Crippen molar-refractivity contribution < 1.29 is 14.3 Å². The van der Waals surface area contributed by atoms with Crippen molar-refractivity contribution in [3.8, 4) is 0 Å². The molecule has 1 fully saturated rings. The number of aryl methyl sites for hydroxylation is 1. The molecular weight excluding hydrogens is 366 g/mol. The monoisotopic (exact) mass is 389 g/mol. The van der Waals surface area contributed by atoms with E-state index in [0.717, 1.165) is 16.8 Å². The largest absolute Gasteiger partial charge is 0.439 e. The highest BCUT2D eigenvalue weighted by Crippen LogP contribution is 2.37. The van der Waals surface area contributed by atoms with Gasteiger partial charge in [0.2, 0.25) is 0 Å². The highest BCUT2D eigenvalue weighted by molar-refractivity contribution is 5.99. The number of carbonyl (C=O) groups excluding carboxylic acids is 2. The number of imidazole rings is 1. The first-order valence-corrected chi connectivity index (χ1v) is 9.58. The van der Waals surface area contributed by atoms with E-state index < -0.39 is 23.8 Å². The smallest absolute Gasteiger partial charge is 0.417 e. The molecule has 0 spiro atoms. The van der Waals surface area contributed by atoms with Crippen molar-refractivity contribution >= 4 is 12.0 Å². The summed E-state index contributed by atoms with van der Waals surface area (Å²) in [5, 5.41) is 0. The van der Waals surface area contributed by atoms with E-state index in [1.807, 2.05) is 87.6 Å². The Balaban J connectivity index is 1.76. The molecule has 6 heteroatoms. The molecule has 0 bridgehead atoms. The number of hydrogen-bond acceptors (Lipinski definition) is 4. The lowest BCUT2D eigenvalue weighted by molar-refractivity contribution is -0.135. The lowest BCUT2D eigenvalue weighted by Crippen LogP contribution is -2.52. The van der Waals surface area contributed by atoms with Crippen molar-refractivity contribution in [2.45, 2.75) is 38.5 Å². The normalized spacial score (nSPS) is 20.9. The Morgan fingerprint density at radius 3 is 2.28 bits per heavy atom. The topological polar surface area (TPSA) is 64.4 Å². The molecule has 0 radical (unpaired) electrons. The van der Waals surface area contributed by atoms with Crippen LogP contribution in [0.5, 0.6) is 0 Å². The average Bonchev–Trinajstić information content (AvgIpc) is 3.31. The number of benzene rings is 2. The molecule has 1 saturated heterocycles. The molecule has 2 aromatic carbocycles. The summed E-state index contributed by atoms with van der Waals surface area (Å²) in [6.45, 7) is 5.51. The SMILES string of the molecule is Cc1cn(C(C)(C(=O)N2C(=O)O[C@@H](c3ccccc3)[C@H]2C)c2ccccc2)cn1. The van der Waals surface area contributed by atoms with Crippen LogP contribution in [0.4, 0.5) is 4.79 Å². The Labute approximate surface area is 169 Å². The maximum atomic E-state index is 13.9. The minimum Gasteiger partial charge on any atom is -0.439 e. The van der Waals surface area contributed by atoms with Crippen LogP contribution < -0.4 is 0 Å². The van der Waals surface area contributed by atoms with Gasteiger partial charge in [-0.3, -0.25) is 4.79 Å². The predicted molar refractivity (Wildman–Crippen MR) is 108 cm³/mol. The van der Waals surface area contributed by atoms with Gasteiger partial charge in [-0.25, -0.2) is 14.7 Å². The van der Waals surface area contributed by atoms with Crippen LogP contribution in [0.15, 0.2) is 73.2 Å². The Morgan fingerprint density at radius 1 is 1.07 bits per heavy atom. The lowest BCUT2D eigenvalue weighted by atomic mass is 9.89. The first kappa shape index (κ1) is 18.9. The number of cyclic esters (lactones) is 1. The summed E-state index contributed by atoms with van der Waals surface area (Å²) in [5.41, 5.74) is 1.29. The van der Waals surface area contributed by atoms with E-state index in [1.165, 1.54) is 4.90 Å². The van der Waals surface area contributed by atoms with Gasteiger partial charge in [-0.1, -0.05) is 60.7 Å². The second-order valence-corrected chi connectivity index (χ2v) is 7.49. The summed E-state index contributed by atoms with van der Waals surface area (Å²) in [5.74, 6) is -0.350. The molecule has 2 amide bonds. The van der Waals surface area contributed by atoms with E-state index in [-0.39, 0.29) is 5.91 Å². The van der Waals surface area contributed by atoms with Crippen LogP contribution in [0.2, 0.25) is 0 Å². The van der Waals surface area contributed by atoms with E-state index >= 15 is 0 Å². The number of carbonyl (C=O) groups is 2. The van der Waals surface area contributed by atoms with Crippen LogP contribution in [0.1, 0.15) is 36.8 Å². The van der Waals surface area contributed by atoms with E-state index in [4.69, 9.17) is 4.74 Å². The van der Waals surface area contributed by atoms with E-state index in [1.54, 1.807) is 10.9 Å². The number of imide groups is 1. The van der Waals surface area contributed by atoms with Crippen molar-refractivity contribution in [3.63, 3.8) is 0 Å². The van der Waals surface area contributed by atoms with E-state index in [2.05, 4.69) is 4.98 Å². The van der Waals surface area contributed by atoms with E-state index in [9.17, 15) is 9.59 Å². The summed E-state index contributed by atoms with van der Waals surface area (Å²) in [4.78, 5) is 32.2. The van der Waals surface area contributed by atoms with Crippen LogP contribution in [0.25, 0.3) is 0 Å². The molecule has 0 N–H and O–H groups in total. The van der Waals surface area contributed by atoms with Crippen LogP contribution >= 0.6 is 0 Å². The molecule has 2 heterocycles. The van der Waals surface area contributed by atoms with Gasteiger partial charge in [0.15, 0.2) is 0 Å². The van der Waals surface area contributed by atoms with E-state index in [0.29, 0.717) is 0 Å². The summed E-state index contributed by atoms with van der Waals surface area (Å²) in [7, 11) is 0. The second-order valence-electron chi connectivity index (χ2n) is 7.49. The third-order valence-electron chi connectivity index (χ3n) is 5.60. The molecule has 4 rings (SSSR count). The highest BCUT2D eigenvalue weighted by atomic mass is 16.6. The number of rotatable bonds is 4. The summed E-state index contributed by atoms with van der Waals surface area (Å²) in [6, 6.07) is 18.5. The van der Waals surface area contributed by atoms with Crippen LogP contribution in [0.3, 0.4) is 0 Å². The zero-order valence-corrected chi connectivity index (χ0v) is 16.6. The first-order valence-electron chi connectivity index (χ1n) is 9.58. The Bertz CT molecular complexity index is 1030. The number of amides is 2. The van der Waals surface area contributed by atoms with Crippen LogP contribution in [-0.2, 0) is 15.1 Å². The quantitative estimate of drug-likeness (QED) is 0.675. The molecule has 3 aromatic rings. The maximum Gasteiger partial charge on any atom is 0.417 e. The zero-order chi connectivity index (χ0) is 20.6. The molecule has 1 unspecified atom stereocenters. The summed E-state index contributed by atoms with van der Waals surface area (Å²) >= 11 is 0. The number of hydrogen-bond donors (Lipinski definition) is 0. The molecule has 1 aromatic heterocycles. The fourth-order valence-electron chi connectivity index (χ4n) is 3.87. The molecular formula is C23H23N3O3. The third-order valence-corrected chi connectivity index (χ3v) is 5.60. The van der Waals surface area contributed by atoms with Crippen molar-refractivity contribution in [2.24, 2.45) is 0 Å². The van der Waals surface area contributed by atoms with Gasteiger partial charge in [-0.05, 0) is 31.9 Å². The highest BCUT2D eigenvalue weighted by Gasteiger charge is 2.50. The molecule has 148 valence electrons. The molecule has 1 aliphatic rings. The predicted octanol–water partition coefficient (Wildman–Crippen LogP) is 4.06. The van der Waals surface area contributed by atoms with Gasteiger partial charge in [0.05, 0.1) is 18.1 Å². The van der Waals surface area contributed by atoms with Gasteiger partial charge in [-0.15, -0.1) is 0 Å². The Kier molecular flexibility index (Phi) is 4.70.